The number of aliphatic hydroxyl groups excluding tert-OH is 2. The zero-order chi connectivity index (χ0) is 40.5. The quantitative estimate of drug-likeness (QED) is 0.0239. The monoisotopic (exact) mass is 795 g/mol. The first kappa shape index (κ1) is 52.4. The van der Waals surface area contributed by atoms with Crippen LogP contribution in [-0.2, 0) is 32.7 Å². The average molecular weight is 795 g/mol. The lowest BCUT2D eigenvalue weighted by atomic mass is 10.1. The number of phosphoric acid groups is 1. The number of carbonyl (C=O) groups is 2. The summed E-state index contributed by atoms with van der Waals surface area (Å²) in [5, 5.41) is 18.3. The Labute approximate surface area is 333 Å². The fourth-order valence-corrected chi connectivity index (χ4v) is 5.88. The Bertz CT molecular complexity index is 1140. The van der Waals surface area contributed by atoms with Gasteiger partial charge in [0.1, 0.15) is 12.7 Å². The number of ether oxygens (including phenoxy) is 2. The van der Waals surface area contributed by atoms with E-state index in [0.717, 1.165) is 64.2 Å². The van der Waals surface area contributed by atoms with Crippen LogP contribution in [0.2, 0.25) is 0 Å². The zero-order valence-corrected chi connectivity index (χ0v) is 35.0. The maximum Gasteiger partial charge on any atom is 0.472 e. The fraction of sp³-hybridized carbons (Fsp3) is 0.682. The van der Waals surface area contributed by atoms with E-state index < -0.39 is 51.8 Å². The Balaban J connectivity index is 4.48. The van der Waals surface area contributed by atoms with Crippen LogP contribution in [0.1, 0.15) is 155 Å². The van der Waals surface area contributed by atoms with E-state index in [1.54, 1.807) is 0 Å². The molecular formula is C44H75O10P. The summed E-state index contributed by atoms with van der Waals surface area (Å²) in [6.07, 6.45) is 44.5. The van der Waals surface area contributed by atoms with E-state index in [0.29, 0.717) is 12.8 Å². The van der Waals surface area contributed by atoms with E-state index in [-0.39, 0.29) is 19.4 Å². The highest BCUT2D eigenvalue weighted by Gasteiger charge is 2.27. The van der Waals surface area contributed by atoms with Gasteiger partial charge in [-0.05, 0) is 77.0 Å². The Kier molecular flexibility index (Phi) is 37.8. The Hall–Kier alpha value is -2.59. The van der Waals surface area contributed by atoms with Gasteiger partial charge >= 0.3 is 19.8 Å². The number of hydrogen-bond donors (Lipinski definition) is 3. The van der Waals surface area contributed by atoms with Gasteiger partial charge in [-0.1, -0.05) is 138 Å². The van der Waals surface area contributed by atoms with Crippen molar-refractivity contribution in [1.82, 2.24) is 0 Å². The number of unbranched alkanes of at least 4 members (excludes halogenated alkanes) is 12. The molecule has 316 valence electrons. The molecule has 0 aromatic heterocycles. The number of rotatable bonds is 38. The molecule has 3 unspecified atom stereocenters. The van der Waals surface area contributed by atoms with E-state index in [2.05, 4.69) is 79.1 Å². The molecule has 3 atom stereocenters. The maximum atomic E-state index is 12.6. The summed E-state index contributed by atoms with van der Waals surface area (Å²) >= 11 is 0. The summed E-state index contributed by atoms with van der Waals surface area (Å²) in [7, 11) is -4.64. The summed E-state index contributed by atoms with van der Waals surface area (Å²) < 4.78 is 32.6. The molecule has 0 bridgehead atoms. The molecule has 0 aromatic carbocycles. The van der Waals surface area contributed by atoms with Gasteiger partial charge < -0.3 is 24.6 Å². The second-order valence-corrected chi connectivity index (χ2v) is 15.1. The molecule has 0 aromatic rings. The lowest BCUT2D eigenvalue weighted by Gasteiger charge is -2.20. The smallest absolute Gasteiger partial charge is 0.462 e. The van der Waals surface area contributed by atoms with Crippen LogP contribution < -0.4 is 0 Å². The minimum atomic E-state index is -4.64. The third-order valence-corrected chi connectivity index (χ3v) is 9.30. The van der Waals surface area contributed by atoms with E-state index in [9.17, 15) is 24.2 Å². The molecule has 0 fully saturated rings. The van der Waals surface area contributed by atoms with Crippen molar-refractivity contribution in [2.45, 2.75) is 167 Å². The van der Waals surface area contributed by atoms with Crippen LogP contribution in [0.5, 0.6) is 0 Å². The number of aliphatic hydroxyl groups is 2. The molecular weight excluding hydrogens is 719 g/mol. The van der Waals surface area contributed by atoms with Crippen LogP contribution in [0, 0.1) is 0 Å². The first-order valence-electron chi connectivity index (χ1n) is 20.9. The van der Waals surface area contributed by atoms with Crippen molar-refractivity contribution in [2.24, 2.45) is 0 Å². The Morgan fingerprint density at radius 2 is 0.982 bits per heavy atom. The molecule has 0 radical (unpaired) electrons. The molecule has 0 amide bonds. The maximum absolute atomic E-state index is 12.6. The predicted molar refractivity (Wildman–Crippen MR) is 223 cm³/mol. The topological polar surface area (TPSA) is 149 Å². The summed E-state index contributed by atoms with van der Waals surface area (Å²) in [4.78, 5) is 34.9. The lowest BCUT2D eigenvalue weighted by Crippen LogP contribution is -2.29. The van der Waals surface area contributed by atoms with Gasteiger partial charge in [-0.3, -0.25) is 18.6 Å². The van der Waals surface area contributed by atoms with Crippen LogP contribution in [0.15, 0.2) is 72.9 Å². The highest BCUT2D eigenvalue weighted by molar-refractivity contribution is 7.47. The van der Waals surface area contributed by atoms with Gasteiger partial charge in [0.05, 0.1) is 19.8 Å². The SMILES string of the molecule is CCCCCC=CCC=CCC=CCC=CCC=CCCC(=O)OC(COC(=O)CCCCCCCC=CCCCCCC)COP(=O)(O)OCC(O)CO. The Morgan fingerprint density at radius 1 is 0.545 bits per heavy atom. The van der Waals surface area contributed by atoms with Crippen molar-refractivity contribution < 1.29 is 47.8 Å². The number of allylic oxidation sites excluding steroid dienone is 12. The average Bonchev–Trinajstić information content (AvgIpc) is 3.17. The molecule has 55 heavy (non-hydrogen) atoms. The van der Waals surface area contributed by atoms with Crippen molar-refractivity contribution in [3.63, 3.8) is 0 Å². The van der Waals surface area contributed by atoms with Crippen LogP contribution in [0.3, 0.4) is 0 Å². The van der Waals surface area contributed by atoms with E-state index >= 15 is 0 Å². The third-order valence-electron chi connectivity index (χ3n) is 8.35. The van der Waals surface area contributed by atoms with Crippen molar-refractivity contribution >= 4 is 19.8 Å². The first-order valence-corrected chi connectivity index (χ1v) is 22.4. The predicted octanol–water partition coefficient (Wildman–Crippen LogP) is 10.9. The van der Waals surface area contributed by atoms with E-state index in [1.807, 2.05) is 12.2 Å². The second-order valence-electron chi connectivity index (χ2n) is 13.7. The van der Waals surface area contributed by atoms with Gasteiger partial charge in [-0.25, -0.2) is 4.57 Å². The highest BCUT2D eigenvalue weighted by Crippen LogP contribution is 2.43. The second kappa shape index (κ2) is 39.6. The molecule has 0 heterocycles. The summed E-state index contributed by atoms with van der Waals surface area (Å²) in [6.45, 7) is 2.22. The minimum Gasteiger partial charge on any atom is -0.462 e. The van der Waals surface area contributed by atoms with Crippen molar-refractivity contribution in [2.75, 3.05) is 26.4 Å². The van der Waals surface area contributed by atoms with Crippen molar-refractivity contribution in [1.29, 1.82) is 0 Å². The fourth-order valence-electron chi connectivity index (χ4n) is 5.09. The van der Waals surface area contributed by atoms with E-state index in [4.69, 9.17) is 19.1 Å². The standard InChI is InChI=1S/C44H75O10P/c1-3-5-7-9-11-13-15-17-18-19-20-21-22-24-26-28-30-32-34-36-44(48)54-42(40-53-55(49,50)52-38-41(46)37-45)39-51-43(47)35-33-31-29-27-25-23-16-14-12-10-8-6-4-2/h11,13-14,16-18,20-21,24,26,30,32,41-42,45-46H,3-10,12,15,19,22-23,25,27-29,31,33-40H2,1-2H3,(H,49,50). The van der Waals surface area contributed by atoms with Crippen molar-refractivity contribution in [3.05, 3.63) is 72.9 Å². The van der Waals surface area contributed by atoms with Crippen LogP contribution in [0.4, 0.5) is 0 Å². The van der Waals surface area contributed by atoms with Gasteiger partial charge in [0, 0.05) is 12.8 Å². The molecule has 0 rings (SSSR count). The molecule has 0 aliphatic rings. The lowest BCUT2D eigenvalue weighted by molar-refractivity contribution is -0.161. The van der Waals surface area contributed by atoms with Gasteiger partial charge in [0.2, 0.25) is 0 Å². The normalized spacial score (nSPS) is 14.6. The first-order chi connectivity index (χ1) is 26.7. The largest absolute Gasteiger partial charge is 0.472 e. The van der Waals surface area contributed by atoms with Crippen LogP contribution in [0.25, 0.3) is 0 Å². The number of hydrogen-bond acceptors (Lipinski definition) is 9. The third kappa shape index (κ3) is 39.4. The molecule has 0 spiro atoms. The summed E-state index contributed by atoms with van der Waals surface area (Å²) in [6, 6.07) is 0. The molecule has 0 aliphatic heterocycles. The van der Waals surface area contributed by atoms with Gasteiger partial charge in [0.15, 0.2) is 6.10 Å². The molecule has 3 N–H and O–H groups in total. The molecule has 0 saturated carbocycles. The van der Waals surface area contributed by atoms with Gasteiger partial charge in [-0.2, -0.15) is 0 Å². The molecule has 0 saturated heterocycles. The molecule has 11 heteroatoms. The Morgan fingerprint density at radius 3 is 1.55 bits per heavy atom. The van der Waals surface area contributed by atoms with Crippen LogP contribution >= 0.6 is 7.82 Å². The number of esters is 2. The van der Waals surface area contributed by atoms with Gasteiger partial charge in [0.25, 0.3) is 0 Å². The highest BCUT2D eigenvalue weighted by atomic mass is 31.2. The van der Waals surface area contributed by atoms with Crippen LogP contribution in [-0.4, -0.2) is 65.7 Å². The summed E-state index contributed by atoms with van der Waals surface area (Å²) in [5.41, 5.74) is 0. The molecule has 10 nitrogen and oxygen atoms in total. The molecule has 0 aliphatic carbocycles. The number of carbonyl (C=O) groups excluding carboxylic acids is 2. The number of phosphoric ester groups is 1. The summed E-state index contributed by atoms with van der Waals surface area (Å²) in [5.74, 6) is -1.04. The van der Waals surface area contributed by atoms with Crippen molar-refractivity contribution in [3.8, 4) is 0 Å². The van der Waals surface area contributed by atoms with Gasteiger partial charge in [-0.15, -0.1) is 0 Å². The zero-order valence-electron chi connectivity index (χ0n) is 34.1. The minimum absolute atomic E-state index is 0.0558. The van der Waals surface area contributed by atoms with E-state index in [1.165, 1.54) is 51.4 Å².